The van der Waals surface area contributed by atoms with Gasteiger partial charge in [0.1, 0.15) is 0 Å². The maximum Gasteiger partial charge on any atom is 0.0701 e. The molecule has 0 aromatic carbocycles. The molecule has 0 spiro atoms. The van der Waals surface area contributed by atoms with E-state index in [4.69, 9.17) is 61.6 Å². The zero-order valence-corrected chi connectivity index (χ0v) is 38.4. The van der Waals surface area contributed by atoms with E-state index in [1.54, 1.807) is 0 Å². The van der Waals surface area contributed by atoms with Crippen LogP contribution in [-0.2, 0) is 61.6 Å². The van der Waals surface area contributed by atoms with Crippen LogP contribution >= 0.6 is 0 Å². The van der Waals surface area contributed by atoms with Gasteiger partial charge in [-0.05, 0) is 12.8 Å². The summed E-state index contributed by atoms with van der Waals surface area (Å²) in [5.41, 5.74) is 0. The van der Waals surface area contributed by atoms with Gasteiger partial charge >= 0.3 is 0 Å². The molecule has 0 radical (unpaired) electrons. The van der Waals surface area contributed by atoms with Crippen LogP contribution in [0.25, 0.3) is 0 Å². The Hall–Kier alpha value is -0.520. The molecule has 0 saturated heterocycles. The molecule has 0 unspecified atom stereocenters. The molecule has 0 bridgehead atoms. The second-order valence-corrected chi connectivity index (χ2v) is 14.6. The fourth-order valence-corrected chi connectivity index (χ4v) is 5.74. The first-order valence-electron chi connectivity index (χ1n) is 23.9. The minimum atomic E-state index is 0.517. The maximum atomic E-state index is 5.70. The molecule has 0 aromatic rings. The SMILES string of the molecule is CCCCCCCCCCCCCCCCCCOCCOCCOCCOCCOCCOCCOCCOCCOCCOCCOCCOCCOCCCC. The maximum absolute atomic E-state index is 5.70. The molecular weight excluding hydrogens is 760 g/mol. The summed E-state index contributed by atoms with van der Waals surface area (Å²) in [6.45, 7) is 19.3. The van der Waals surface area contributed by atoms with Crippen molar-refractivity contribution in [2.24, 2.45) is 0 Å². The number of hydrogen-bond acceptors (Lipinski definition) is 13. The lowest BCUT2D eigenvalue weighted by atomic mass is 10.0. The summed E-state index contributed by atoms with van der Waals surface area (Å²) >= 11 is 0. The van der Waals surface area contributed by atoms with Gasteiger partial charge in [-0.2, -0.15) is 0 Å². The molecule has 0 N–H and O–H groups in total. The molecule has 0 aromatic heterocycles. The average molecular weight is 855 g/mol. The van der Waals surface area contributed by atoms with Crippen molar-refractivity contribution in [1.82, 2.24) is 0 Å². The summed E-state index contributed by atoms with van der Waals surface area (Å²) in [4.78, 5) is 0. The van der Waals surface area contributed by atoms with Crippen molar-refractivity contribution in [2.75, 3.05) is 172 Å². The summed E-state index contributed by atoms with van der Waals surface area (Å²) in [5.74, 6) is 0. The molecule has 0 amide bonds. The van der Waals surface area contributed by atoms with Crippen molar-refractivity contribution in [1.29, 1.82) is 0 Å². The Bertz CT molecular complexity index is 654. The van der Waals surface area contributed by atoms with Gasteiger partial charge in [-0.1, -0.05) is 117 Å². The van der Waals surface area contributed by atoms with Crippen LogP contribution in [0.4, 0.5) is 0 Å². The molecule has 356 valence electrons. The third kappa shape index (κ3) is 57.5. The summed E-state index contributed by atoms with van der Waals surface area (Å²) < 4.78 is 71.8. The van der Waals surface area contributed by atoms with Crippen LogP contribution in [0.15, 0.2) is 0 Å². The fourth-order valence-electron chi connectivity index (χ4n) is 5.74. The third-order valence-electron chi connectivity index (χ3n) is 9.25. The standard InChI is InChI=1S/C46H94O13/c1-3-5-7-8-9-10-11-12-13-14-15-16-17-18-19-20-22-48-24-26-50-28-30-52-32-34-54-36-38-56-40-42-58-44-46-59-45-43-57-41-39-55-37-35-53-33-31-51-29-27-49-25-23-47-21-6-4-2/h3-46H2,1-2H3. The van der Waals surface area contributed by atoms with Gasteiger partial charge in [0.05, 0.1) is 159 Å². The lowest BCUT2D eigenvalue weighted by molar-refractivity contribution is -0.0290. The van der Waals surface area contributed by atoms with Gasteiger partial charge in [-0.15, -0.1) is 0 Å². The van der Waals surface area contributed by atoms with Crippen molar-refractivity contribution in [3.05, 3.63) is 0 Å². The highest BCUT2D eigenvalue weighted by molar-refractivity contribution is 4.50. The Balaban J connectivity index is 3.06. The zero-order chi connectivity index (χ0) is 42.3. The molecular formula is C46H94O13. The monoisotopic (exact) mass is 855 g/mol. The lowest BCUT2D eigenvalue weighted by Crippen LogP contribution is -2.15. The van der Waals surface area contributed by atoms with Crippen LogP contribution in [0.2, 0.25) is 0 Å². The van der Waals surface area contributed by atoms with Crippen LogP contribution in [0.1, 0.15) is 129 Å². The van der Waals surface area contributed by atoms with Gasteiger partial charge in [-0.3, -0.25) is 0 Å². The molecule has 0 atom stereocenters. The second-order valence-electron chi connectivity index (χ2n) is 14.6. The van der Waals surface area contributed by atoms with Crippen LogP contribution < -0.4 is 0 Å². The number of hydrogen-bond donors (Lipinski definition) is 0. The molecule has 0 aliphatic rings. The van der Waals surface area contributed by atoms with E-state index >= 15 is 0 Å². The Kier molecular flexibility index (Phi) is 57.0. The molecule has 13 nitrogen and oxygen atoms in total. The summed E-state index contributed by atoms with van der Waals surface area (Å²) in [5, 5.41) is 0. The Labute approximate surface area is 362 Å². The number of rotatable bonds is 56. The van der Waals surface area contributed by atoms with Crippen molar-refractivity contribution >= 4 is 0 Å². The van der Waals surface area contributed by atoms with E-state index in [1.165, 1.54) is 96.3 Å². The first-order chi connectivity index (χ1) is 29.4. The zero-order valence-electron chi connectivity index (χ0n) is 38.4. The van der Waals surface area contributed by atoms with E-state index in [0.717, 1.165) is 32.5 Å². The molecule has 0 rings (SSSR count). The van der Waals surface area contributed by atoms with E-state index in [0.29, 0.717) is 159 Å². The molecule has 13 heteroatoms. The van der Waals surface area contributed by atoms with Gasteiger partial charge in [0.25, 0.3) is 0 Å². The first-order valence-corrected chi connectivity index (χ1v) is 23.9. The van der Waals surface area contributed by atoms with E-state index in [-0.39, 0.29) is 0 Å². The number of ether oxygens (including phenoxy) is 13. The van der Waals surface area contributed by atoms with Crippen LogP contribution in [-0.4, -0.2) is 172 Å². The smallest absolute Gasteiger partial charge is 0.0701 e. The quantitative estimate of drug-likeness (QED) is 0.0547. The van der Waals surface area contributed by atoms with Crippen molar-refractivity contribution in [3.8, 4) is 0 Å². The Morgan fingerprint density at radius 1 is 0.136 bits per heavy atom. The van der Waals surface area contributed by atoms with Gasteiger partial charge in [0, 0.05) is 13.2 Å². The topological polar surface area (TPSA) is 120 Å². The second kappa shape index (κ2) is 57.5. The van der Waals surface area contributed by atoms with Crippen molar-refractivity contribution in [3.63, 3.8) is 0 Å². The van der Waals surface area contributed by atoms with Gasteiger partial charge < -0.3 is 61.6 Å². The largest absolute Gasteiger partial charge is 0.379 e. The minimum Gasteiger partial charge on any atom is -0.379 e. The van der Waals surface area contributed by atoms with Gasteiger partial charge in [-0.25, -0.2) is 0 Å². The van der Waals surface area contributed by atoms with E-state index in [2.05, 4.69) is 13.8 Å². The summed E-state index contributed by atoms with van der Waals surface area (Å²) in [7, 11) is 0. The van der Waals surface area contributed by atoms with Crippen LogP contribution in [0, 0.1) is 0 Å². The minimum absolute atomic E-state index is 0.517. The third-order valence-corrected chi connectivity index (χ3v) is 9.25. The van der Waals surface area contributed by atoms with E-state index < -0.39 is 0 Å². The molecule has 0 fully saturated rings. The normalized spacial score (nSPS) is 11.7. The molecule has 59 heavy (non-hydrogen) atoms. The first kappa shape index (κ1) is 58.5. The van der Waals surface area contributed by atoms with Crippen LogP contribution in [0.3, 0.4) is 0 Å². The van der Waals surface area contributed by atoms with Crippen LogP contribution in [0.5, 0.6) is 0 Å². The van der Waals surface area contributed by atoms with E-state index in [9.17, 15) is 0 Å². The van der Waals surface area contributed by atoms with Crippen molar-refractivity contribution < 1.29 is 61.6 Å². The Morgan fingerprint density at radius 3 is 0.458 bits per heavy atom. The predicted octanol–water partition coefficient (Wildman–Crippen LogP) is 8.26. The highest BCUT2D eigenvalue weighted by atomic mass is 16.6. The van der Waals surface area contributed by atoms with Gasteiger partial charge in [0.2, 0.25) is 0 Å². The summed E-state index contributed by atoms with van der Waals surface area (Å²) in [6.07, 6.45) is 24.4. The highest BCUT2D eigenvalue weighted by Gasteiger charge is 1.99. The summed E-state index contributed by atoms with van der Waals surface area (Å²) in [6, 6.07) is 0. The molecule has 0 aliphatic carbocycles. The van der Waals surface area contributed by atoms with Crippen molar-refractivity contribution in [2.45, 2.75) is 129 Å². The predicted molar refractivity (Wildman–Crippen MR) is 235 cm³/mol. The molecule has 0 heterocycles. The highest BCUT2D eigenvalue weighted by Crippen LogP contribution is 2.13. The lowest BCUT2D eigenvalue weighted by Gasteiger charge is -2.09. The number of unbranched alkanes of at least 4 members (excludes halogenated alkanes) is 16. The molecule has 0 aliphatic heterocycles. The van der Waals surface area contributed by atoms with E-state index in [1.807, 2.05) is 0 Å². The average Bonchev–Trinajstić information content (AvgIpc) is 3.25. The molecule has 0 saturated carbocycles. The Morgan fingerprint density at radius 2 is 0.271 bits per heavy atom. The fraction of sp³-hybridized carbons (Fsp3) is 1.00. The van der Waals surface area contributed by atoms with Gasteiger partial charge in [0.15, 0.2) is 0 Å².